The molecule has 1 heterocycles. The molecular weight excluding hydrogens is 284 g/mol. The summed E-state index contributed by atoms with van der Waals surface area (Å²) in [4.78, 5) is 34.7. The molecule has 2 N–H and O–H groups in total. The van der Waals surface area contributed by atoms with Crippen LogP contribution in [0.5, 0.6) is 0 Å². The highest BCUT2D eigenvalue weighted by molar-refractivity contribution is 5.79. The van der Waals surface area contributed by atoms with Crippen molar-refractivity contribution >= 4 is 23.2 Å². The van der Waals surface area contributed by atoms with E-state index < -0.39 is 39.1 Å². The molecule has 1 rings (SSSR count). The van der Waals surface area contributed by atoms with Crippen LogP contribution in [-0.2, 0) is 4.79 Å². The maximum atomic E-state index is 11.1. The minimum atomic E-state index is -1.22. The second kappa shape index (κ2) is 6.59. The number of pyridine rings is 1. The van der Waals surface area contributed by atoms with Gasteiger partial charge in [0, 0.05) is 12.3 Å². The van der Waals surface area contributed by atoms with Crippen molar-refractivity contribution in [1.82, 2.24) is 4.98 Å². The average Bonchev–Trinajstić information content (AvgIpc) is 2.36. The van der Waals surface area contributed by atoms with Gasteiger partial charge in [0.1, 0.15) is 6.04 Å². The molecule has 0 spiro atoms. The molecule has 0 fully saturated rings. The summed E-state index contributed by atoms with van der Waals surface area (Å²) in [5.74, 6) is -1.63. The smallest absolute Gasteiger partial charge is 0.387 e. The Balaban J connectivity index is 3.23. The van der Waals surface area contributed by atoms with Crippen molar-refractivity contribution in [2.24, 2.45) is 5.92 Å². The fraction of sp³-hybridized carbons (Fsp3) is 0.455. The maximum Gasteiger partial charge on any atom is 0.387 e. The van der Waals surface area contributed by atoms with Gasteiger partial charge in [-0.25, -0.2) is 9.78 Å². The number of hydrogen-bond acceptors (Lipinski definition) is 7. The van der Waals surface area contributed by atoms with E-state index in [4.69, 9.17) is 5.11 Å². The summed E-state index contributed by atoms with van der Waals surface area (Å²) in [7, 11) is 0. The number of nitrogens with zero attached hydrogens (tertiary/aromatic N) is 3. The molecule has 114 valence electrons. The minimum absolute atomic E-state index is 0.0105. The van der Waals surface area contributed by atoms with E-state index in [0.29, 0.717) is 0 Å². The van der Waals surface area contributed by atoms with E-state index in [1.807, 2.05) is 0 Å². The SMILES string of the molecule is CC(C)C[C@H](Nc1nccc([N+](=O)[O-])c1[N+](=O)[O-])C(=O)O. The summed E-state index contributed by atoms with van der Waals surface area (Å²) in [6.45, 7) is 3.57. The molecule has 0 bridgehead atoms. The fourth-order valence-electron chi connectivity index (χ4n) is 1.73. The third-order valence-corrected chi connectivity index (χ3v) is 2.60. The van der Waals surface area contributed by atoms with E-state index in [-0.39, 0.29) is 12.3 Å². The lowest BCUT2D eigenvalue weighted by Crippen LogP contribution is -2.31. The van der Waals surface area contributed by atoms with Crippen LogP contribution in [0.2, 0.25) is 0 Å². The zero-order valence-corrected chi connectivity index (χ0v) is 11.3. The number of anilines is 1. The van der Waals surface area contributed by atoms with Gasteiger partial charge in [0.05, 0.1) is 9.85 Å². The molecule has 0 aromatic carbocycles. The Hall–Kier alpha value is -2.78. The first-order valence-corrected chi connectivity index (χ1v) is 6.01. The van der Waals surface area contributed by atoms with Crippen LogP contribution in [0.1, 0.15) is 20.3 Å². The lowest BCUT2D eigenvalue weighted by atomic mass is 10.0. The summed E-state index contributed by atoms with van der Waals surface area (Å²) < 4.78 is 0. The summed E-state index contributed by atoms with van der Waals surface area (Å²) in [5, 5.41) is 33.3. The molecule has 10 heteroatoms. The molecule has 0 aliphatic carbocycles. The molecule has 0 unspecified atom stereocenters. The predicted molar refractivity (Wildman–Crippen MR) is 72.0 cm³/mol. The Labute approximate surface area is 119 Å². The monoisotopic (exact) mass is 298 g/mol. The van der Waals surface area contributed by atoms with Gasteiger partial charge in [0.15, 0.2) is 0 Å². The van der Waals surface area contributed by atoms with E-state index in [9.17, 15) is 25.0 Å². The van der Waals surface area contributed by atoms with Crippen molar-refractivity contribution in [1.29, 1.82) is 0 Å². The zero-order chi connectivity index (χ0) is 16.2. The number of hydrogen-bond donors (Lipinski definition) is 2. The van der Waals surface area contributed by atoms with Crippen molar-refractivity contribution in [3.05, 3.63) is 32.5 Å². The first-order valence-electron chi connectivity index (χ1n) is 6.01. The number of rotatable bonds is 7. The van der Waals surface area contributed by atoms with E-state index in [1.165, 1.54) is 0 Å². The van der Waals surface area contributed by atoms with Crippen molar-refractivity contribution in [2.75, 3.05) is 5.32 Å². The number of carboxylic acid groups (broad SMARTS) is 1. The molecule has 0 aliphatic rings. The lowest BCUT2D eigenvalue weighted by Gasteiger charge is -2.16. The van der Waals surface area contributed by atoms with Gasteiger partial charge >= 0.3 is 17.3 Å². The standard InChI is InChI=1S/C11H14N4O6/c1-6(2)5-7(11(16)17)13-10-9(15(20)21)8(14(18)19)3-4-12-10/h3-4,6-7H,5H2,1-2H3,(H,12,13)(H,16,17)/t7-/m0/s1. The molecular formula is C11H14N4O6. The summed E-state index contributed by atoms with van der Waals surface area (Å²) >= 11 is 0. The van der Waals surface area contributed by atoms with Crippen LogP contribution in [0.25, 0.3) is 0 Å². The molecule has 1 aromatic heterocycles. The first kappa shape index (κ1) is 16.3. The van der Waals surface area contributed by atoms with Gasteiger partial charge in [0.25, 0.3) is 0 Å². The highest BCUT2D eigenvalue weighted by Gasteiger charge is 2.32. The largest absolute Gasteiger partial charge is 0.480 e. The molecule has 1 atom stereocenters. The van der Waals surface area contributed by atoms with E-state index in [0.717, 1.165) is 12.3 Å². The molecule has 10 nitrogen and oxygen atoms in total. The molecule has 0 aliphatic heterocycles. The lowest BCUT2D eigenvalue weighted by molar-refractivity contribution is -0.422. The van der Waals surface area contributed by atoms with Gasteiger partial charge in [-0.05, 0) is 12.3 Å². The molecule has 0 radical (unpaired) electrons. The third-order valence-electron chi connectivity index (χ3n) is 2.60. The van der Waals surface area contributed by atoms with Crippen molar-refractivity contribution in [3.8, 4) is 0 Å². The van der Waals surface area contributed by atoms with E-state index in [1.54, 1.807) is 13.8 Å². The number of nitro groups is 2. The second-order valence-electron chi connectivity index (χ2n) is 4.71. The van der Waals surface area contributed by atoms with Crippen LogP contribution in [0.4, 0.5) is 17.2 Å². The Morgan fingerprint density at radius 3 is 2.43 bits per heavy atom. The number of carboxylic acids is 1. The Morgan fingerprint density at radius 1 is 1.38 bits per heavy atom. The Bertz CT molecular complexity index is 574. The second-order valence-corrected chi connectivity index (χ2v) is 4.71. The zero-order valence-electron chi connectivity index (χ0n) is 11.3. The summed E-state index contributed by atoms with van der Waals surface area (Å²) in [6.07, 6.45) is 1.21. The van der Waals surface area contributed by atoms with E-state index in [2.05, 4.69) is 10.3 Å². The van der Waals surface area contributed by atoms with Crippen LogP contribution >= 0.6 is 0 Å². The van der Waals surface area contributed by atoms with Crippen molar-refractivity contribution < 1.29 is 19.7 Å². The van der Waals surface area contributed by atoms with Crippen LogP contribution in [0.3, 0.4) is 0 Å². The van der Waals surface area contributed by atoms with Gasteiger partial charge in [0.2, 0.25) is 5.82 Å². The fourth-order valence-corrected chi connectivity index (χ4v) is 1.73. The molecule has 1 aromatic rings. The Morgan fingerprint density at radius 2 is 2.00 bits per heavy atom. The van der Waals surface area contributed by atoms with E-state index >= 15 is 0 Å². The first-order chi connectivity index (χ1) is 9.73. The van der Waals surface area contributed by atoms with Crippen LogP contribution in [0, 0.1) is 26.1 Å². The van der Waals surface area contributed by atoms with Crippen LogP contribution in [-0.4, -0.2) is 31.9 Å². The Kier molecular flexibility index (Phi) is 5.11. The quantitative estimate of drug-likeness (QED) is 0.571. The maximum absolute atomic E-state index is 11.1. The van der Waals surface area contributed by atoms with Crippen LogP contribution < -0.4 is 5.32 Å². The van der Waals surface area contributed by atoms with Gasteiger partial charge in [-0.2, -0.15) is 0 Å². The van der Waals surface area contributed by atoms with Crippen molar-refractivity contribution in [2.45, 2.75) is 26.3 Å². The predicted octanol–water partition coefficient (Wildman–Crippen LogP) is 1.81. The minimum Gasteiger partial charge on any atom is -0.480 e. The van der Waals surface area contributed by atoms with Gasteiger partial charge in [-0.15, -0.1) is 0 Å². The summed E-state index contributed by atoms with van der Waals surface area (Å²) in [5.41, 5.74) is -1.59. The number of aromatic nitrogens is 1. The molecule has 0 saturated carbocycles. The number of nitrogens with one attached hydrogen (secondary N) is 1. The van der Waals surface area contributed by atoms with Gasteiger partial charge < -0.3 is 10.4 Å². The molecule has 0 saturated heterocycles. The van der Waals surface area contributed by atoms with Gasteiger partial charge in [-0.3, -0.25) is 20.2 Å². The van der Waals surface area contributed by atoms with Gasteiger partial charge in [-0.1, -0.05) is 13.8 Å². The van der Waals surface area contributed by atoms with Crippen LogP contribution in [0.15, 0.2) is 12.3 Å². The van der Waals surface area contributed by atoms with Crippen molar-refractivity contribution in [3.63, 3.8) is 0 Å². The highest BCUT2D eigenvalue weighted by atomic mass is 16.6. The number of aliphatic carboxylic acids is 1. The average molecular weight is 298 g/mol. The third kappa shape index (κ3) is 4.09. The molecule has 21 heavy (non-hydrogen) atoms. The molecule has 0 amide bonds. The topological polar surface area (TPSA) is 148 Å². The number of carbonyl (C=O) groups is 1. The summed E-state index contributed by atoms with van der Waals surface area (Å²) in [6, 6.07) is -0.236. The normalized spacial score (nSPS) is 12.0. The highest BCUT2D eigenvalue weighted by Crippen LogP contribution is 2.33.